The van der Waals surface area contributed by atoms with Gasteiger partial charge in [0.2, 0.25) is 0 Å². The van der Waals surface area contributed by atoms with E-state index in [0.29, 0.717) is 33.1 Å². The first-order valence-corrected chi connectivity index (χ1v) is 11.9. The fourth-order valence-corrected chi connectivity index (χ4v) is 4.73. The number of aryl methyl sites for hydroxylation is 1. The molecule has 0 radical (unpaired) electrons. The number of aliphatic imine (C=N–C) groups is 1. The highest BCUT2D eigenvalue weighted by Gasteiger charge is 2.33. The maximum Gasteiger partial charge on any atom is 0.284 e. The van der Waals surface area contributed by atoms with E-state index in [-0.39, 0.29) is 11.6 Å². The highest BCUT2D eigenvalue weighted by Crippen LogP contribution is 2.35. The predicted octanol–water partition coefficient (Wildman–Crippen LogP) is 6.51. The second-order valence-corrected chi connectivity index (χ2v) is 9.36. The fraction of sp³-hybridized carbons (Fsp3) is 0.120. The number of thioether (sulfide) groups is 1. The minimum absolute atomic E-state index is 0.0470. The van der Waals surface area contributed by atoms with E-state index in [9.17, 15) is 14.9 Å². The van der Waals surface area contributed by atoms with Gasteiger partial charge in [0.25, 0.3) is 11.6 Å². The summed E-state index contributed by atoms with van der Waals surface area (Å²) in [6.07, 6.45) is 2.37. The lowest BCUT2D eigenvalue weighted by Crippen LogP contribution is -2.31. The van der Waals surface area contributed by atoms with Crippen LogP contribution in [0.1, 0.15) is 16.7 Å². The molecule has 6 nitrogen and oxygen atoms in total. The van der Waals surface area contributed by atoms with Crippen LogP contribution in [0.25, 0.3) is 6.08 Å². The fourth-order valence-electron chi connectivity index (χ4n) is 3.31. The van der Waals surface area contributed by atoms with Crippen molar-refractivity contribution in [3.8, 4) is 0 Å². The molecule has 0 unspecified atom stereocenters. The number of benzene rings is 3. The van der Waals surface area contributed by atoms with E-state index >= 15 is 0 Å². The molecule has 3 aromatic carbocycles. The minimum atomic E-state index is -0.452. The van der Waals surface area contributed by atoms with Gasteiger partial charge in [-0.25, -0.2) is 4.99 Å². The quantitative estimate of drug-likeness (QED) is 0.210. The van der Waals surface area contributed by atoms with Crippen LogP contribution < -0.4 is 0 Å². The van der Waals surface area contributed by atoms with Gasteiger partial charge in [0.05, 0.1) is 20.0 Å². The van der Waals surface area contributed by atoms with E-state index in [1.54, 1.807) is 23.1 Å². The highest BCUT2D eigenvalue weighted by molar-refractivity contribution is 9.10. The first-order chi connectivity index (χ1) is 15.9. The molecule has 3 aromatic rings. The molecule has 1 fully saturated rings. The molecule has 0 spiro atoms. The van der Waals surface area contributed by atoms with Gasteiger partial charge in [0.1, 0.15) is 0 Å². The second kappa shape index (κ2) is 10.1. The van der Waals surface area contributed by atoms with E-state index in [2.05, 4.69) is 15.9 Å². The lowest BCUT2D eigenvalue weighted by molar-refractivity contribution is -0.385. The van der Waals surface area contributed by atoms with E-state index in [4.69, 9.17) is 4.99 Å². The smallest absolute Gasteiger partial charge is 0.284 e. The Hall–Kier alpha value is -3.23. The van der Waals surface area contributed by atoms with Crippen molar-refractivity contribution in [2.24, 2.45) is 4.99 Å². The standard InChI is InChI=1S/C25H20BrN3O3S/c1-17-7-10-20(11-8-17)27-25-28(14-13-18-5-3-2-4-6-18)24(30)23(33-25)16-19-9-12-21(26)22(15-19)29(31)32/h2-12,15-16H,13-14H2,1H3/b23-16+,27-25?. The van der Waals surface area contributed by atoms with Crippen molar-refractivity contribution < 1.29 is 9.72 Å². The van der Waals surface area contributed by atoms with Crippen LogP contribution in [0.2, 0.25) is 0 Å². The number of hydrogen-bond acceptors (Lipinski definition) is 5. The Morgan fingerprint density at radius 1 is 1.09 bits per heavy atom. The number of carbonyl (C=O) groups excluding carboxylic acids is 1. The number of carbonyl (C=O) groups is 1. The van der Waals surface area contributed by atoms with Gasteiger partial charge in [-0.05, 0) is 76.4 Å². The molecule has 1 aliphatic heterocycles. The molecule has 1 saturated heterocycles. The molecule has 1 amide bonds. The van der Waals surface area contributed by atoms with Crippen molar-refractivity contribution in [1.82, 2.24) is 4.90 Å². The number of amides is 1. The van der Waals surface area contributed by atoms with E-state index in [1.165, 1.54) is 17.8 Å². The van der Waals surface area contributed by atoms with Crippen LogP contribution in [0.3, 0.4) is 0 Å². The molecule has 0 aliphatic carbocycles. The second-order valence-electron chi connectivity index (χ2n) is 7.50. The molecule has 0 bridgehead atoms. The van der Waals surface area contributed by atoms with Crippen molar-refractivity contribution in [3.05, 3.63) is 109 Å². The number of nitro groups is 1. The molecule has 0 N–H and O–H groups in total. The first-order valence-electron chi connectivity index (χ1n) is 10.3. The molecule has 0 aromatic heterocycles. The Morgan fingerprint density at radius 3 is 2.52 bits per heavy atom. The number of amidine groups is 1. The van der Waals surface area contributed by atoms with Gasteiger partial charge in [-0.3, -0.25) is 19.8 Å². The monoisotopic (exact) mass is 521 g/mol. The molecule has 1 aliphatic rings. The first kappa shape index (κ1) is 22.9. The number of hydrogen-bond donors (Lipinski definition) is 0. The van der Waals surface area contributed by atoms with Gasteiger partial charge in [-0.1, -0.05) is 54.1 Å². The summed E-state index contributed by atoms with van der Waals surface area (Å²) < 4.78 is 0.395. The van der Waals surface area contributed by atoms with Crippen LogP contribution >= 0.6 is 27.7 Å². The predicted molar refractivity (Wildman–Crippen MR) is 136 cm³/mol. The summed E-state index contributed by atoms with van der Waals surface area (Å²) in [5.41, 5.74) is 3.56. The van der Waals surface area contributed by atoms with Crippen LogP contribution in [-0.2, 0) is 11.2 Å². The summed E-state index contributed by atoms with van der Waals surface area (Å²) in [5, 5.41) is 11.9. The largest absolute Gasteiger partial charge is 0.286 e. The van der Waals surface area contributed by atoms with Crippen LogP contribution in [-0.4, -0.2) is 27.4 Å². The molecule has 0 atom stereocenters. The highest BCUT2D eigenvalue weighted by atomic mass is 79.9. The summed E-state index contributed by atoms with van der Waals surface area (Å²) in [7, 11) is 0. The Morgan fingerprint density at radius 2 is 1.82 bits per heavy atom. The van der Waals surface area contributed by atoms with Crippen LogP contribution in [0.5, 0.6) is 0 Å². The molecular weight excluding hydrogens is 502 g/mol. The molecule has 4 rings (SSSR count). The maximum atomic E-state index is 13.3. The SMILES string of the molecule is Cc1ccc(N=C2S/C(=C/c3ccc(Br)c([N+](=O)[O-])c3)C(=O)N2CCc2ccccc2)cc1. The third kappa shape index (κ3) is 5.58. The van der Waals surface area contributed by atoms with Gasteiger partial charge >= 0.3 is 0 Å². The molecule has 33 heavy (non-hydrogen) atoms. The summed E-state index contributed by atoms with van der Waals surface area (Å²) >= 11 is 4.48. The van der Waals surface area contributed by atoms with E-state index in [1.807, 2.05) is 61.5 Å². The van der Waals surface area contributed by atoms with Gasteiger partial charge in [0, 0.05) is 12.6 Å². The molecular formula is C25H20BrN3O3S. The number of nitro benzene ring substituents is 1. The third-order valence-corrected chi connectivity index (χ3v) is 6.76. The normalized spacial score (nSPS) is 16.1. The van der Waals surface area contributed by atoms with Crippen LogP contribution in [0.4, 0.5) is 11.4 Å². The molecule has 8 heteroatoms. The zero-order valence-electron chi connectivity index (χ0n) is 17.8. The Labute approximate surface area is 204 Å². The van der Waals surface area contributed by atoms with Crippen molar-refractivity contribution >= 4 is 56.2 Å². The van der Waals surface area contributed by atoms with Gasteiger partial charge in [-0.2, -0.15) is 0 Å². The zero-order chi connectivity index (χ0) is 23.4. The Kier molecular flexibility index (Phi) is 7.05. The van der Waals surface area contributed by atoms with Crippen LogP contribution in [0, 0.1) is 17.0 Å². The van der Waals surface area contributed by atoms with Crippen molar-refractivity contribution in [3.63, 3.8) is 0 Å². The topological polar surface area (TPSA) is 75.8 Å². The summed E-state index contributed by atoms with van der Waals surface area (Å²) in [5.74, 6) is -0.160. The summed E-state index contributed by atoms with van der Waals surface area (Å²) in [6, 6.07) is 22.6. The number of nitrogens with zero attached hydrogens (tertiary/aromatic N) is 3. The Balaban J connectivity index is 1.66. The number of rotatable bonds is 6. The van der Waals surface area contributed by atoms with E-state index < -0.39 is 4.92 Å². The number of halogens is 1. The lowest BCUT2D eigenvalue weighted by atomic mass is 10.1. The van der Waals surface area contributed by atoms with Crippen molar-refractivity contribution in [2.75, 3.05) is 6.54 Å². The zero-order valence-corrected chi connectivity index (χ0v) is 20.2. The average molecular weight is 522 g/mol. The lowest BCUT2D eigenvalue weighted by Gasteiger charge is -2.15. The summed E-state index contributed by atoms with van der Waals surface area (Å²) in [6.45, 7) is 2.49. The van der Waals surface area contributed by atoms with Gasteiger partial charge < -0.3 is 0 Å². The van der Waals surface area contributed by atoms with Gasteiger partial charge in [-0.15, -0.1) is 0 Å². The molecule has 0 saturated carbocycles. The van der Waals surface area contributed by atoms with Crippen molar-refractivity contribution in [2.45, 2.75) is 13.3 Å². The Bertz CT molecular complexity index is 1260. The van der Waals surface area contributed by atoms with Gasteiger partial charge in [0.15, 0.2) is 5.17 Å². The van der Waals surface area contributed by atoms with Crippen LogP contribution in [0.15, 0.2) is 87.2 Å². The molecule has 1 heterocycles. The average Bonchev–Trinajstić information content (AvgIpc) is 3.09. The molecule has 166 valence electrons. The van der Waals surface area contributed by atoms with Crippen molar-refractivity contribution in [1.29, 1.82) is 0 Å². The summed E-state index contributed by atoms with van der Waals surface area (Å²) in [4.78, 5) is 31.0. The minimum Gasteiger partial charge on any atom is -0.286 e. The maximum absolute atomic E-state index is 13.3. The third-order valence-electron chi connectivity index (χ3n) is 5.08. The van der Waals surface area contributed by atoms with E-state index in [0.717, 1.165) is 16.8 Å².